The lowest BCUT2D eigenvalue weighted by molar-refractivity contribution is -0.148. The molecule has 1 fully saturated rings. The summed E-state index contributed by atoms with van der Waals surface area (Å²) in [5, 5.41) is 12.2. The van der Waals surface area contributed by atoms with E-state index >= 15 is 0 Å². The fourth-order valence-electron chi connectivity index (χ4n) is 2.13. The van der Waals surface area contributed by atoms with Gasteiger partial charge in [-0.15, -0.1) is 0 Å². The molecule has 1 unspecified atom stereocenters. The molecular weight excluding hydrogens is 238 g/mol. The van der Waals surface area contributed by atoms with Gasteiger partial charge in [-0.3, -0.25) is 10.1 Å². The molecule has 0 aliphatic heterocycles. The van der Waals surface area contributed by atoms with Crippen LogP contribution in [0.4, 0.5) is 0 Å². The van der Waals surface area contributed by atoms with Gasteiger partial charge in [-0.1, -0.05) is 0 Å². The maximum absolute atomic E-state index is 12.1. The molecule has 4 nitrogen and oxygen atoms in total. The molecule has 100 valence electrons. The normalized spacial score (nSPS) is 19.1. The Morgan fingerprint density at radius 1 is 1.59 bits per heavy atom. The van der Waals surface area contributed by atoms with Crippen molar-refractivity contribution in [3.8, 4) is 0 Å². The molecule has 1 atom stereocenters. The average molecular weight is 261 g/mol. The van der Waals surface area contributed by atoms with Gasteiger partial charge in [0.25, 0.3) is 0 Å². The van der Waals surface area contributed by atoms with Crippen LogP contribution in [0.25, 0.3) is 0 Å². The van der Waals surface area contributed by atoms with Gasteiger partial charge in [0.1, 0.15) is 5.54 Å². The highest BCUT2D eigenvalue weighted by atomic mass is 32.2. The van der Waals surface area contributed by atoms with E-state index in [0.29, 0.717) is 17.4 Å². The van der Waals surface area contributed by atoms with Crippen LogP contribution < -0.4 is 5.32 Å². The van der Waals surface area contributed by atoms with Crippen molar-refractivity contribution in [1.29, 1.82) is 0 Å². The maximum atomic E-state index is 12.1. The first kappa shape index (κ1) is 14.8. The number of aliphatic hydroxyl groups is 1. The maximum Gasteiger partial charge on any atom is 0.327 e. The highest BCUT2D eigenvalue weighted by Gasteiger charge is 2.51. The van der Waals surface area contributed by atoms with Crippen LogP contribution in [0.2, 0.25) is 0 Å². The third-order valence-electron chi connectivity index (χ3n) is 2.94. The standard InChI is InChI=1S/C12H23NO3S/c1-9(2)13-12(10-4-5-10,11(15)16-3)8-17-7-6-14/h9-10,13-14H,4-8H2,1-3H3. The second-order valence-corrected chi connectivity index (χ2v) is 5.92. The SMILES string of the molecule is COC(=O)C(CSCCO)(NC(C)C)C1CC1. The zero-order valence-electron chi connectivity index (χ0n) is 10.9. The number of ether oxygens (including phenoxy) is 1. The molecule has 2 N–H and O–H groups in total. The van der Waals surface area contributed by atoms with E-state index in [-0.39, 0.29) is 18.6 Å². The van der Waals surface area contributed by atoms with E-state index in [0.717, 1.165) is 12.8 Å². The van der Waals surface area contributed by atoms with Crippen LogP contribution in [0.5, 0.6) is 0 Å². The van der Waals surface area contributed by atoms with E-state index in [4.69, 9.17) is 9.84 Å². The van der Waals surface area contributed by atoms with Crippen LogP contribution in [0.3, 0.4) is 0 Å². The number of methoxy groups -OCH3 is 1. The van der Waals surface area contributed by atoms with Gasteiger partial charge in [0.2, 0.25) is 0 Å². The third-order valence-corrected chi connectivity index (χ3v) is 4.07. The van der Waals surface area contributed by atoms with Crippen LogP contribution in [-0.2, 0) is 9.53 Å². The van der Waals surface area contributed by atoms with Crippen LogP contribution in [0, 0.1) is 5.92 Å². The van der Waals surface area contributed by atoms with Crippen molar-refractivity contribution in [1.82, 2.24) is 5.32 Å². The molecule has 0 aromatic carbocycles. The van der Waals surface area contributed by atoms with Gasteiger partial charge in [0, 0.05) is 17.5 Å². The van der Waals surface area contributed by atoms with Gasteiger partial charge < -0.3 is 9.84 Å². The molecule has 0 radical (unpaired) electrons. The van der Waals surface area contributed by atoms with Gasteiger partial charge >= 0.3 is 5.97 Å². The smallest absolute Gasteiger partial charge is 0.327 e. The van der Waals surface area contributed by atoms with E-state index < -0.39 is 5.54 Å². The van der Waals surface area contributed by atoms with Gasteiger partial charge in [-0.25, -0.2) is 0 Å². The summed E-state index contributed by atoms with van der Waals surface area (Å²) in [6.07, 6.45) is 2.16. The molecule has 1 aliphatic carbocycles. The van der Waals surface area contributed by atoms with Crippen LogP contribution >= 0.6 is 11.8 Å². The first-order chi connectivity index (χ1) is 8.06. The van der Waals surface area contributed by atoms with Gasteiger partial charge in [0.05, 0.1) is 13.7 Å². The number of nitrogens with one attached hydrogen (secondary N) is 1. The molecule has 0 amide bonds. The predicted octanol–water partition coefficient (Wildman–Crippen LogP) is 1.03. The fourth-order valence-corrected chi connectivity index (χ4v) is 3.17. The second kappa shape index (κ2) is 6.61. The first-order valence-electron chi connectivity index (χ1n) is 6.11. The number of carbonyl (C=O) groups excluding carboxylic acids is 1. The van der Waals surface area contributed by atoms with Gasteiger partial charge in [0.15, 0.2) is 0 Å². The Morgan fingerprint density at radius 2 is 2.24 bits per heavy atom. The summed E-state index contributed by atoms with van der Waals surface area (Å²) in [6.45, 7) is 4.22. The number of carbonyl (C=O) groups is 1. The Balaban J connectivity index is 2.74. The minimum atomic E-state index is -0.567. The van der Waals surface area contributed by atoms with E-state index in [2.05, 4.69) is 5.32 Å². The van der Waals surface area contributed by atoms with Gasteiger partial charge in [-0.2, -0.15) is 11.8 Å². The molecule has 1 saturated carbocycles. The van der Waals surface area contributed by atoms with Crippen molar-refractivity contribution in [3.63, 3.8) is 0 Å². The minimum absolute atomic E-state index is 0.147. The van der Waals surface area contributed by atoms with Crippen molar-refractivity contribution in [3.05, 3.63) is 0 Å². The Morgan fingerprint density at radius 3 is 2.65 bits per heavy atom. The zero-order chi connectivity index (χ0) is 12.9. The van der Waals surface area contributed by atoms with Crippen LogP contribution in [0.1, 0.15) is 26.7 Å². The van der Waals surface area contributed by atoms with E-state index in [1.807, 2.05) is 13.8 Å². The molecule has 1 rings (SSSR count). The summed E-state index contributed by atoms with van der Waals surface area (Å²) in [6, 6.07) is 0.240. The first-order valence-corrected chi connectivity index (χ1v) is 7.27. The summed E-state index contributed by atoms with van der Waals surface area (Å²) in [5.41, 5.74) is -0.567. The van der Waals surface area contributed by atoms with Crippen molar-refractivity contribution in [2.45, 2.75) is 38.3 Å². The molecule has 0 saturated heterocycles. The summed E-state index contributed by atoms with van der Waals surface area (Å²) in [5.74, 6) is 1.54. The topological polar surface area (TPSA) is 58.6 Å². The lowest BCUT2D eigenvalue weighted by Crippen LogP contribution is -2.59. The van der Waals surface area contributed by atoms with E-state index in [1.165, 1.54) is 7.11 Å². The highest BCUT2D eigenvalue weighted by molar-refractivity contribution is 7.99. The Hall–Kier alpha value is -0.260. The molecule has 0 heterocycles. The van der Waals surface area contributed by atoms with Crippen LogP contribution in [-0.4, -0.2) is 47.9 Å². The number of aliphatic hydroxyl groups excluding tert-OH is 1. The fraction of sp³-hybridized carbons (Fsp3) is 0.917. The highest BCUT2D eigenvalue weighted by Crippen LogP contribution is 2.42. The Bertz CT molecular complexity index is 256. The van der Waals surface area contributed by atoms with Crippen molar-refractivity contribution < 1.29 is 14.6 Å². The lowest BCUT2D eigenvalue weighted by atomic mass is 9.94. The summed E-state index contributed by atoms with van der Waals surface area (Å²) in [7, 11) is 1.44. The van der Waals surface area contributed by atoms with Gasteiger partial charge in [-0.05, 0) is 32.6 Å². The van der Waals surface area contributed by atoms with Crippen LogP contribution in [0.15, 0.2) is 0 Å². The molecule has 0 bridgehead atoms. The molecular formula is C12H23NO3S. The van der Waals surface area contributed by atoms with Crippen molar-refractivity contribution in [2.24, 2.45) is 5.92 Å². The summed E-state index contributed by atoms with van der Waals surface area (Å²) >= 11 is 1.60. The predicted molar refractivity (Wildman–Crippen MR) is 70.2 cm³/mol. The summed E-state index contributed by atoms with van der Waals surface area (Å²) in [4.78, 5) is 12.1. The Kier molecular flexibility index (Phi) is 5.76. The van der Waals surface area contributed by atoms with E-state index in [9.17, 15) is 4.79 Å². The molecule has 0 spiro atoms. The molecule has 0 aromatic heterocycles. The Labute approximate surface area is 107 Å². The zero-order valence-corrected chi connectivity index (χ0v) is 11.7. The lowest BCUT2D eigenvalue weighted by Gasteiger charge is -2.34. The number of thioether (sulfide) groups is 1. The van der Waals surface area contributed by atoms with E-state index in [1.54, 1.807) is 11.8 Å². The average Bonchev–Trinajstić information content (AvgIpc) is 3.10. The molecule has 5 heteroatoms. The largest absolute Gasteiger partial charge is 0.468 e. The number of hydrogen-bond donors (Lipinski definition) is 2. The number of hydrogen-bond acceptors (Lipinski definition) is 5. The molecule has 1 aliphatic rings. The van der Waals surface area contributed by atoms with Crippen molar-refractivity contribution >= 4 is 17.7 Å². The number of rotatable bonds is 8. The van der Waals surface area contributed by atoms with Crippen molar-refractivity contribution in [2.75, 3.05) is 25.2 Å². The summed E-state index contributed by atoms with van der Waals surface area (Å²) < 4.78 is 4.97. The number of esters is 1. The quantitative estimate of drug-likeness (QED) is 0.505. The monoisotopic (exact) mass is 261 g/mol. The third kappa shape index (κ3) is 3.86. The minimum Gasteiger partial charge on any atom is -0.468 e. The molecule has 17 heavy (non-hydrogen) atoms. The molecule has 0 aromatic rings. The second-order valence-electron chi connectivity index (χ2n) is 4.81.